The zero-order valence-electron chi connectivity index (χ0n) is 13.1. The highest BCUT2D eigenvalue weighted by Crippen LogP contribution is 2.29. The number of nitrogens with zero attached hydrogens (tertiary/aromatic N) is 1. The zero-order valence-corrected chi connectivity index (χ0v) is 14.8. The molecule has 2 saturated heterocycles. The third-order valence-electron chi connectivity index (χ3n) is 4.62. The van der Waals surface area contributed by atoms with Gasteiger partial charge in [-0.05, 0) is 24.8 Å². The van der Waals surface area contributed by atoms with E-state index in [9.17, 15) is 8.42 Å². The summed E-state index contributed by atoms with van der Waals surface area (Å²) >= 11 is 0. The smallest absolute Gasteiger partial charge is 0.216 e. The van der Waals surface area contributed by atoms with Crippen LogP contribution in [-0.4, -0.2) is 50.3 Å². The molecule has 7 heteroatoms. The first kappa shape index (κ1) is 18.7. The minimum absolute atomic E-state index is 0. The monoisotopic (exact) mass is 360 g/mol. The molecule has 2 heterocycles. The van der Waals surface area contributed by atoms with Crippen LogP contribution in [0.15, 0.2) is 30.3 Å². The molecule has 1 aromatic rings. The summed E-state index contributed by atoms with van der Waals surface area (Å²) in [5, 5.41) is 0. The molecule has 0 bridgehead atoms. The van der Waals surface area contributed by atoms with Crippen molar-refractivity contribution in [2.24, 2.45) is 5.73 Å². The lowest BCUT2D eigenvalue weighted by Crippen LogP contribution is -2.38. The Morgan fingerprint density at radius 2 is 1.91 bits per heavy atom. The van der Waals surface area contributed by atoms with Gasteiger partial charge in [-0.3, -0.25) is 0 Å². The molecule has 23 heavy (non-hydrogen) atoms. The van der Waals surface area contributed by atoms with Gasteiger partial charge >= 0.3 is 0 Å². The molecule has 0 amide bonds. The van der Waals surface area contributed by atoms with Crippen molar-refractivity contribution in [1.29, 1.82) is 0 Å². The molecule has 0 radical (unpaired) electrons. The van der Waals surface area contributed by atoms with E-state index < -0.39 is 10.0 Å². The lowest BCUT2D eigenvalue weighted by atomic mass is 9.95. The van der Waals surface area contributed by atoms with Crippen LogP contribution in [0.1, 0.15) is 30.7 Å². The van der Waals surface area contributed by atoms with E-state index in [0.29, 0.717) is 19.7 Å². The Kier molecular flexibility index (Phi) is 6.45. The van der Waals surface area contributed by atoms with Crippen LogP contribution in [0.3, 0.4) is 0 Å². The normalized spacial score (nSPS) is 29.2. The minimum Gasteiger partial charge on any atom is -0.377 e. The molecule has 1 aromatic carbocycles. The molecule has 2 fully saturated rings. The summed E-state index contributed by atoms with van der Waals surface area (Å²) < 4.78 is 32.4. The van der Waals surface area contributed by atoms with Crippen molar-refractivity contribution in [2.45, 2.75) is 37.3 Å². The van der Waals surface area contributed by atoms with Crippen LogP contribution in [0, 0.1) is 0 Å². The second-order valence-electron chi connectivity index (χ2n) is 6.27. The number of sulfonamides is 1. The van der Waals surface area contributed by atoms with Gasteiger partial charge in [0.05, 0.1) is 11.9 Å². The van der Waals surface area contributed by atoms with Gasteiger partial charge < -0.3 is 10.5 Å². The van der Waals surface area contributed by atoms with Crippen LogP contribution in [0.2, 0.25) is 0 Å². The van der Waals surface area contributed by atoms with Crippen molar-refractivity contribution >= 4 is 22.4 Å². The van der Waals surface area contributed by atoms with Gasteiger partial charge in [-0.1, -0.05) is 30.3 Å². The molecule has 130 valence electrons. The molecule has 3 rings (SSSR count). The molecular formula is C16H25ClN2O3S. The van der Waals surface area contributed by atoms with Crippen LogP contribution in [-0.2, 0) is 14.8 Å². The quantitative estimate of drug-likeness (QED) is 0.887. The third-order valence-corrected chi connectivity index (χ3v) is 6.50. The molecule has 2 aliphatic heterocycles. The molecule has 3 atom stereocenters. The first-order valence-electron chi connectivity index (χ1n) is 7.96. The highest BCUT2D eigenvalue weighted by atomic mass is 35.5. The fraction of sp³-hybridized carbons (Fsp3) is 0.625. The van der Waals surface area contributed by atoms with Crippen molar-refractivity contribution in [3.63, 3.8) is 0 Å². The highest BCUT2D eigenvalue weighted by molar-refractivity contribution is 7.89. The third kappa shape index (κ3) is 4.45. The van der Waals surface area contributed by atoms with Crippen LogP contribution in [0.25, 0.3) is 0 Å². The number of hydrogen-bond acceptors (Lipinski definition) is 4. The standard InChI is InChI=1S/C16H24N2O3S.ClH/c17-16-11-18(10-15(16)13-6-2-1-3-7-13)22(19,20)12-14-8-4-5-9-21-14;/h1-3,6-7,14-16H,4-5,8-12,17H2;1H/t14?,15-,16+;/m0./s1. The predicted octanol–water partition coefficient (Wildman–Crippen LogP) is 1.73. The lowest BCUT2D eigenvalue weighted by Gasteiger charge is -2.25. The van der Waals surface area contributed by atoms with E-state index in [1.807, 2.05) is 30.3 Å². The van der Waals surface area contributed by atoms with Gasteiger partial charge in [0.2, 0.25) is 10.0 Å². The number of hydrogen-bond donors (Lipinski definition) is 1. The van der Waals surface area contributed by atoms with Gasteiger partial charge in [-0.15, -0.1) is 12.4 Å². The molecule has 2 N–H and O–H groups in total. The van der Waals surface area contributed by atoms with Crippen LogP contribution in [0.4, 0.5) is 0 Å². The first-order valence-corrected chi connectivity index (χ1v) is 9.57. The second kappa shape index (κ2) is 7.94. The Morgan fingerprint density at radius 3 is 2.57 bits per heavy atom. The maximum absolute atomic E-state index is 12.6. The highest BCUT2D eigenvalue weighted by Gasteiger charge is 2.38. The summed E-state index contributed by atoms with van der Waals surface area (Å²) in [5.41, 5.74) is 7.31. The molecule has 1 unspecified atom stereocenters. The van der Waals surface area contributed by atoms with Crippen LogP contribution in [0.5, 0.6) is 0 Å². The Balaban J connectivity index is 0.00000192. The average molecular weight is 361 g/mol. The maximum Gasteiger partial charge on any atom is 0.216 e. The number of ether oxygens (including phenoxy) is 1. The molecule has 0 aromatic heterocycles. The van der Waals surface area contributed by atoms with Gasteiger partial charge in [-0.2, -0.15) is 4.31 Å². The summed E-state index contributed by atoms with van der Waals surface area (Å²) in [6.45, 7) is 1.54. The van der Waals surface area contributed by atoms with Crippen molar-refractivity contribution in [2.75, 3.05) is 25.4 Å². The molecule has 2 aliphatic rings. The van der Waals surface area contributed by atoms with Crippen molar-refractivity contribution in [3.8, 4) is 0 Å². The van der Waals surface area contributed by atoms with Gasteiger partial charge in [-0.25, -0.2) is 8.42 Å². The number of rotatable bonds is 4. The summed E-state index contributed by atoms with van der Waals surface area (Å²) in [7, 11) is -3.31. The Bertz CT molecular complexity index is 591. The molecule has 5 nitrogen and oxygen atoms in total. The Hall–Kier alpha value is -0.660. The maximum atomic E-state index is 12.6. The fourth-order valence-corrected chi connectivity index (χ4v) is 5.08. The van der Waals surface area contributed by atoms with E-state index >= 15 is 0 Å². The topological polar surface area (TPSA) is 72.6 Å². The van der Waals surface area contributed by atoms with Gasteiger partial charge in [0, 0.05) is 31.7 Å². The molecule has 0 saturated carbocycles. The minimum atomic E-state index is -3.31. The van der Waals surface area contributed by atoms with Gasteiger partial charge in [0.25, 0.3) is 0 Å². The largest absolute Gasteiger partial charge is 0.377 e. The SMILES string of the molecule is Cl.N[C@@H]1CN(S(=O)(=O)CC2CCCCO2)C[C@H]1c1ccccc1. The van der Waals surface area contributed by atoms with E-state index in [1.54, 1.807) is 4.31 Å². The summed E-state index contributed by atoms with van der Waals surface area (Å²) in [6.07, 6.45) is 2.75. The van der Waals surface area contributed by atoms with Gasteiger partial charge in [0.15, 0.2) is 0 Å². The summed E-state index contributed by atoms with van der Waals surface area (Å²) in [4.78, 5) is 0. The number of benzene rings is 1. The lowest BCUT2D eigenvalue weighted by molar-refractivity contribution is 0.0299. The van der Waals surface area contributed by atoms with Crippen molar-refractivity contribution in [3.05, 3.63) is 35.9 Å². The van der Waals surface area contributed by atoms with Crippen LogP contribution < -0.4 is 5.73 Å². The zero-order chi connectivity index (χ0) is 15.6. The summed E-state index contributed by atoms with van der Waals surface area (Å²) in [5.74, 6) is 0.157. The van der Waals surface area contributed by atoms with Crippen LogP contribution >= 0.6 is 12.4 Å². The van der Waals surface area contributed by atoms with E-state index in [1.165, 1.54) is 0 Å². The number of nitrogens with two attached hydrogens (primary N) is 1. The molecule has 0 spiro atoms. The summed E-state index contributed by atoms with van der Waals surface area (Å²) in [6, 6.07) is 9.78. The predicted molar refractivity (Wildman–Crippen MR) is 93.4 cm³/mol. The Morgan fingerprint density at radius 1 is 1.17 bits per heavy atom. The van der Waals surface area contributed by atoms with Gasteiger partial charge in [0.1, 0.15) is 0 Å². The number of halogens is 1. The molecular weight excluding hydrogens is 336 g/mol. The first-order chi connectivity index (χ1) is 10.6. The molecule has 0 aliphatic carbocycles. The fourth-order valence-electron chi connectivity index (χ4n) is 3.35. The van der Waals surface area contributed by atoms with E-state index in [-0.39, 0.29) is 36.2 Å². The average Bonchev–Trinajstić information content (AvgIpc) is 2.92. The van der Waals surface area contributed by atoms with E-state index in [4.69, 9.17) is 10.5 Å². The van der Waals surface area contributed by atoms with E-state index in [2.05, 4.69) is 0 Å². The Labute approximate surface area is 144 Å². The van der Waals surface area contributed by atoms with E-state index in [0.717, 1.165) is 24.8 Å². The second-order valence-corrected chi connectivity index (χ2v) is 8.28. The van der Waals surface area contributed by atoms with Crippen molar-refractivity contribution in [1.82, 2.24) is 4.31 Å². The van der Waals surface area contributed by atoms with Crippen molar-refractivity contribution < 1.29 is 13.2 Å².